The molecule has 0 saturated carbocycles. The summed E-state index contributed by atoms with van der Waals surface area (Å²) < 4.78 is 31.2. The Morgan fingerprint density at radius 2 is 2.35 bits per heavy atom. The van der Waals surface area contributed by atoms with E-state index < -0.39 is 10.0 Å². The SMILES string of the molecule is Cc1oc(CO)cc1S(=O)(=O)Nc1nncs1. The molecule has 17 heavy (non-hydrogen) atoms. The normalized spacial score (nSPS) is 11.6. The summed E-state index contributed by atoms with van der Waals surface area (Å²) in [6, 6.07) is 1.28. The van der Waals surface area contributed by atoms with Crippen LogP contribution in [-0.2, 0) is 16.6 Å². The molecule has 0 saturated heterocycles. The summed E-state index contributed by atoms with van der Waals surface area (Å²) in [4.78, 5) is -0.0169. The largest absolute Gasteiger partial charge is 0.462 e. The molecule has 0 fully saturated rings. The van der Waals surface area contributed by atoms with Crippen LogP contribution < -0.4 is 4.72 Å². The highest BCUT2D eigenvalue weighted by Gasteiger charge is 2.22. The fourth-order valence-corrected chi connectivity index (χ4v) is 3.15. The van der Waals surface area contributed by atoms with Crippen molar-refractivity contribution < 1.29 is 17.9 Å². The molecule has 0 aliphatic carbocycles. The van der Waals surface area contributed by atoms with Crippen LogP contribution in [0.15, 0.2) is 20.9 Å². The van der Waals surface area contributed by atoms with Gasteiger partial charge in [-0.1, -0.05) is 11.3 Å². The Bertz CT molecular complexity index is 603. The number of rotatable bonds is 4. The molecule has 0 bridgehead atoms. The van der Waals surface area contributed by atoms with Crippen molar-refractivity contribution in [2.75, 3.05) is 4.72 Å². The molecule has 0 aliphatic heterocycles. The molecule has 2 N–H and O–H groups in total. The summed E-state index contributed by atoms with van der Waals surface area (Å²) in [5.74, 6) is 0.409. The first kappa shape index (κ1) is 12.0. The summed E-state index contributed by atoms with van der Waals surface area (Å²) in [5.41, 5.74) is 1.42. The molecule has 0 spiro atoms. The topological polar surface area (TPSA) is 105 Å². The molecule has 7 nitrogen and oxygen atoms in total. The smallest absolute Gasteiger partial charge is 0.267 e. The lowest BCUT2D eigenvalue weighted by molar-refractivity contribution is 0.245. The Hall–Kier alpha value is -1.45. The lowest BCUT2D eigenvalue weighted by atomic mass is 10.4. The van der Waals surface area contributed by atoms with E-state index in [1.165, 1.54) is 18.5 Å². The average molecular weight is 275 g/mol. The van der Waals surface area contributed by atoms with Crippen LogP contribution in [0.2, 0.25) is 0 Å². The van der Waals surface area contributed by atoms with E-state index in [1.807, 2.05) is 0 Å². The van der Waals surface area contributed by atoms with Crippen LogP contribution in [0.1, 0.15) is 11.5 Å². The summed E-state index contributed by atoms with van der Waals surface area (Å²) in [6.45, 7) is 1.16. The molecule has 0 radical (unpaired) electrons. The Morgan fingerprint density at radius 3 is 2.88 bits per heavy atom. The number of aliphatic hydroxyl groups is 1. The lowest BCUT2D eigenvalue weighted by Gasteiger charge is -2.01. The van der Waals surface area contributed by atoms with Gasteiger partial charge in [-0.2, -0.15) is 0 Å². The second kappa shape index (κ2) is 4.43. The van der Waals surface area contributed by atoms with E-state index in [9.17, 15) is 8.42 Å². The molecule has 2 aromatic rings. The van der Waals surface area contributed by atoms with Crippen molar-refractivity contribution in [2.45, 2.75) is 18.4 Å². The van der Waals surface area contributed by atoms with Crippen molar-refractivity contribution in [1.82, 2.24) is 10.2 Å². The first-order valence-electron chi connectivity index (χ1n) is 4.52. The fraction of sp³-hybridized carbons (Fsp3) is 0.250. The molecule has 9 heteroatoms. The number of aryl methyl sites for hydroxylation is 1. The maximum Gasteiger partial charge on any atom is 0.267 e. The van der Waals surface area contributed by atoms with Gasteiger partial charge in [0.05, 0.1) is 0 Å². The zero-order chi connectivity index (χ0) is 12.5. The summed E-state index contributed by atoms with van der Waals surface area (Å²) in [7, 11) is -3.75. The minimum atomic E-state index is -3.75. The van der Waals surface area contributed by atoms with Gasteiger partial charge in [0.15, 0.2) is 0 Å². The second-order valence-electron chi connectivity index (χ2n) is 3.14. The predicted octanol–water partition coefficient (Wildman–Crippen LogP) is 0.733. The van der Waals surface area contributed by atoms with E-state index in [-0.39, 0.29) is 28.2 Å². The average Bonchev–Trinajstić information content (AvgIpc) is 2.86. The number of furan rings is 1. The molecule has 0 aromatic carbocycles. The van der Waals surface area contributed by atoms with Gasteiger partial charge in [0.1, 0.15) is 28.5 Å². The Morgan fingerprint density at radius 1 is 1.59 bits per heavy atom. The van der Waals surface area contributed by atoms with Gasteiger partial charge in [0, 0.05) is 6.07 Å². The molecule has 92 valence electrons. The van der Waals surface area contributed by atoms with Crippen molar-refractivity contribution in [3.8, 4) is 0 Å². The number of nitrogens with zero attached hydrogens (tertiary/aromatic N) is 2. The van der Waals surface area contributed by atoms with Gasteiger partial charge in [0.25, 0.3) is 10.0 Å². The third-order valence-electron chi connectivity index (χ3n) is 1.95. The van der Waals surface area contributed by atoms with E-state index in [0.717, 1.165) is 11.3 Å². The molecule has 0 unspecified atom stereocenters. The Balaban J connectivity index is 2.34. The van der Waals surface area contributed by atoms with Crippen LogP contribution in [0.4, 0.5) is 5.13 Å². The predicted molar refractivity (Wildman–Crippen MR) is 60.1 cm³/mol. The number of hydrogen-bond donors (Lipinski definition) is 2. The summed E-state index contributed by atoms with van der Waals surface area (Å²) in [5, 5.41) is 16.1. The van der Waals surface area contributed by atoms with Crippen LogP contribution >= 0.6 is 11.3 Å². The van der Waals surface area contributed by atoms with E-state index in [2.05, 4.69) is 14.9 Å². The van der Waals surface area contributed by atoms with E-state index >= 15 is 0 Å². The van der Waals surface area contributed by atoms with E-state index in [1.54, 1.807) is 0 Å². The van der Waals surface area contributed by atoms with E-state index in [0.29, 0.717) is 0 Å². The summed E-state index contributed by atoms with van der Waals surface area (Å²) >= 11 is 1.07. The Kier molecular flexibility index (Phi) is 3.13. The lowest BCUT2D eigenvalue weighted by Crippen LogP contribution is -2.13. The Labute approximate surface area is 101 Å². The zero-order valence-electron chi connectivity index (χ0n) is 8.74. The van der Waals surface area contributed by atoms with Crippen molar-refractivity contribution in [2.24, 2.45) is 0 Å². The highest BCUT2D eigenvalue weighted by Crippen LogP contribution is 2.23. The maximum atomic E-state index is 11.9. The van der Waals surface area contributed by atoms with Gasteiger partial charge >= 0.3 is 0 Å². The monoisotopic (exact) mass is 275 g/mol. The summed E-state index contributed by atoms with van der Waals surface area (Å²) in [6.07, 6.45) is 0. The van der Waals surface area contributed by atoms with Crippen LogP contribution in [-0.4, -0.2) is 23.7 Å². The van der Waals surface area contributed by atoms with Crippen molar-refractivity contribution in [3.63, 3.8) is 0 Å². The van der Waals surface area contributed by atoms with Gasteiger partial charge in [-0.05, 0) is 6.92 Å². The standard InChI is InChI=1S/C8H9N3O4S2/c1-5-7(2-6(3-12)15-5)17(13,14)11-8-10-9-4-16-8/h2,4,12H,3H2,1H3,(H,10,11). The molecule has 2 aromatic heterocycles. The van der Waals surface area contributed by atoms with Gasteiger partial charge < -0.3 is 9.52 Å². The van der Waals surface area contributed by atoms with Gasteiger partial charge in [0.2, 0.25) is 5.13 Å². The van der Waals surface area contributed by atoms with Crippen molar-refractivity contribution >= 4 is 26.5 Å². The number of nitrogens with one attached hydrogen (secondary N) is 1. The van der Waals surface area contributed by atoms with Crippen molar-refractivity contribution in [3.05, 3.63) is 23.1 Å². The number of sulfonamides is 1. The number of hydrogen-bond acceptors (Lipinski definition) is 7. The number of aromatic nitrogens is 2. The zero-order valence-corrected chi connectivity index (χ0v) is 10.4. The number of anilines is 1. The highest BCUT2D eigenvalue weighted by molar-refractivity contribution is 7.93. The van der Waals surface area contributed by atoms with Gasteiger partial charge in [-0.15, -0.1) is 10.2 Å². The van der Waals surface area contributed by atoms with Crippen molar-refractivity contribution in [1.29, 1.82) is 0 Å². The first-order valence-corrected chi connectivity index (χ1v) is 6.88. The third-order valence-corrected chi connectivity index (χ3v) is 4.13. The fourth-order valence-electron chi connectivity index (χ4n) is 1.26. The molecular weight excluding hydrogens is 266 g/mol. The minimum absolute atomic E-state index is 0.0169. The van der Waals surface area contributed by atoms with Crippen LogP contribution in [0.5, 0.6) is 0 Å². The minimum Gasteiger partial charge on any atom is -0.462 e. The van der Waals surface area contributed by atoms with Crippen LogP contribution in [0.3, 0.4) is 0 Å². The van der Waals surface area contributed by atoms with Crippen LogP contribution in [0.25, 0.3) is 0 Å². The van der Waals surface area contributed by atoms with Crippen LogP contribution in [0, 0.1) is 6.92 Å². The highest BCUT2D eigenvalue weighted by atomic mass is 32.2. The molecular formula is C8H9N3O4S2. The molecule has 0 aliphatic rings. The second-order valence-corrected chi connectivity index (χ2v) is 5.62. The maximum absolute atomic E-state index is 11.9. The third kappa shape index (κ3) is 2.46. The molecule has 0 atom stereocenters. The first-order chi connectivity index (χ1) is 8.03. The molecule has 2 rings (SSSR count). The quantitative estimate of drug-likeness (QED) is 0.852. The van der Waals surface area contributed by atoms with Gasteiger partial charge in [-0.25, -0.2) is 8.42 Å². The number of aliphatic hydroxyl groups excluding tert-OH is 1. The molecule has 0 amide bonds. The molecule has 2 heterocycles. The van der Waals surface area contributed by atoms with Gasteiger partial charge in [-0.3, -0.25) is 4.72 Å². The van der Waals surface area contributed by atoms with E-state index in [4.69, 9.17) is 9.52 Å².